The highest BCUT2D eigenvalue weighted by atomic mass is 16.5. The van der Waals surface area contributed by atoms with E-state index in [-0.39, 0.29) is 48.9 Å². The number of fused-ring (bicyclic) bond motifs is 6. The number of cyclic esters (lactones) is 1. The number of hydrazine groups is 1. The summed E-state index contributed by atoms with van der Waals surface area (Å²) in [5.74, 6) is 3.34. The first-order chi connectivity index (χ1) is 34.7. The molecule has 0 aliphatic carbocycles. The summed E-state index contributed by atoms with van der Waals surface area (Å²) in [5, 5.41) is 5.61. The number of nitrogens with zero attached hydrogens (tertiary/aromatic N) is 7. The lowest BCUT2D eigenvalue weighted by Crippen LogP contribution is -2.66. The van der Waals surface area contributed by atoms with Gasteiger partial charge in [0.05, 0.1) is 30.0 Å². The second-order valence-corrected chi connectivity index (χ2v) is 22.1. The minimum atomic E-state index is -1.06. The first-order valence-corrected chi connectivity index (χ1v) is 26.0. The zero-order valence-electron chi connectivity index (χ0n) is 44.7. The molecule has 0 saturated carbocycles. The molecule has 0 spiro atoms. The predicted octanol–water partition coefficient (Wildman–Crippen LogP) is 5.33. The van der Waals surface area contributed by atoms with Crippen LogP contribution in [0.2, 0.25) is 0 Å². The van der Waals surface area contributed by atoms with Crippen molar-refractivity contribution in [3.05, 3.63) is 77.6 Å². The number of likely N-dealkylation sites (N-methyl/N-ethyl adjacent to an activating group) is 3. The van der Waals surface area contributed by atoms with Crippen LogP contribution in [0.1, 0.15) is 83.7 Å². The monoisotopic (exact) mass is 998 g/mol. The summed E-state index contributed by atoms with van der Waals surface area (Å²) in [6.45, 7) is 15.3. The molecule has 16 heteroatoms. The number of carbonyl (C=O) groups excluding carboxylic acids is 5. The fourth-order valence-electron chi connectivity index (χ4n) is 11.3. The van der Waals surface area contributed by atoms with Crippen LogP contribution < -0.4 is 10.7 Å². The largest absolute Gasteiger partial charge is 0.464 e. The van der Waals surface area contributed by atoms with Gasteiger partial charge in [0.1, 0.15) is 23.7 Å². The van der Waals surface area contributed by atoms with E-state index >= 15 is 0 Å². The van der Waals surface area contributed by atoms with Gasteiger partial charge in [-0.3, -0.25) is 38.9 Å². The van der Waals surface area contributed by atoms with Gasteiger partial charge in [-0.2, -0.15) is 0 Å². The quantitative estimate of drug-likeness (QED) is 0.156. The van der Waals surface area contributed by atoms with Gasteiger partial charge >= 0.3 is 5.97 Å². The number of likely N-dealkylation sites (tertiary alicyclic amines) is 2. The van der Waals surface area contributed by atoms with Gasteiger partial charge in [-0.15, -0.1) is 0 Å². The van der Waals surface area contributed by atoms with E-state index in [1.165, 1.54) is 9.91 Å². The van der Waals surface area contributed by atoms with E-state index in [0.717, 1.165) is 63.2 Å². The fraction of sp³-hybridized carbons (Fsp3) is 0.544. The predicted molar refractivity (Wildman–Crippen MR) is 281 cm³/mol. The molecule has 0 unspecified atom stereocenters. The molecule has 3 saturated heterocycles. The average molecular weight is 998 g/mol. The van der Waals surface area contributed by atoms with Crippen molar-refractivity contribution in [2.45, 2.75) is 110 Å². The molecule has 6 heterocycles. The first-order valence-electron chi connectivity index (χ1n) is 26.0. The number of aryl methyl sites for hydroxylation is 1. The standard InChI is InChI=1S/C57H75N9O7/c1-12-65-47-21-20-40-30-43(47)44(51(65)42-18-14-25-58-49(42)37(4)72-11)31-56(5,6)35-73-55(71)45-19-15-26-66(60-45)54(70)46(29-38-16-13-17-39(40)28-38)59-52(68)50(36(2)3)63(10)53(69)41-23-27-64(32-41)48(67)22-24-57(61(7)8)33-62(9)34-57/h13-14,16-18,20-21,25,28,30,36-37,41,45-46,50,60H,12,15,19,23,26-27,29,31-35H2,1-11H3,(H,59,68)/t37-,41-,45-,46-,50-/m0/s1. The number of benzene rings is 2. The van der Waals surface area contributed by atoms with Gasteiger partial charge in [0.25, 0.3) is 11.8 Å². The molecule has 4 aromatic rings. The Bertz CT molecular complexity index is 2800. The van der Waals surface area contributed by atoms with Gasteiger partial charge < -0.3 is 34.1 Å². The molecule has 2 N–H and O–H groups in total. The van der Waals surface area contributed by atoms with Gasteiger partial charge in [0, 0.05) is 87.9 Å². The van der Waals surface area contributed by atoms with Gasteiger partial charge in [-0.05, 0) is 119 Å². The highest BCUT2D eigenvalue weighted by Gasteiger charge is 2.43. The van der Waals surface area contributed by atoms with Crippen LogP contribution in [0.3, 0.4) is 0 Å². The summed E-state index contributed by atoms with van der Waals surface area (Å²) in [6.07, 6.45) is 3.72. The Kier molecular flexibility index (Phi) is 15.9. The van der Waals surface area contributed by atoms with Crippen LogP contribution in [0, 0.1) is 29.1 Å². The van der Waals surface area contributed by atoms with Crippen LogP contribution in [0.15, 0.2) is 60.8 Å². The van der Waals surface area contributed by atoms with Crippen molar-refractivity contribution in [3.8, 4) is 34.2 Å². The number of hydrogen-bond acceptors (Lipinski definition) is 11. The molecule has 4 amide bonds. The maximum Gasteiger partial charge on any atom is 0.324 e. The molecule has 3 fully saturated rings. The SMILES string of the molecule is CCn1c(-c2cccnc2[C@H](C)OC)c2c3cc(ccc31)-c1cccc(c1)C[C@H](NC(=O)[C@H](C(C)C)N(C)C(=O)[C@H]1CCN(C(=O)C#CC3(N(C)C)CN(C)C3)C1)C(=O)N1CCC[C@H](N1)C(=O)OCC(C)(C)C2. The fourth-order valence-corrected chi connectivity index (χ4v) is 11.3. The maximum atomic E-state index is 14.8. The summed E-state index contributed by atoms with van der Waals surface area (Å²) in [6, 6.07) is 15.8. The smallest absolute Gasteiger partial charge is 0.324 e. The van der Waals surface area contributed by atoms with Crippen LogP contribution in [0.4, 0.5) is 0 Å². The van der Waals surface area contributed by atoms with Crippen LogP contribution in [-0.4, -0.2) is 162 Å². The second-order valence-electron chi connectivity index (χ2n) is 22.1. The number of pyridine rings is 1. The Morgan fingerprint density at radius 2 is 1.75 bits per heavy atom. The molecule has 2 aromatic carbocycles. The number of aromatic nitrogens is 2. The van der Waals surface area contributed by atoms with Gasteiger partial charge in [-0.1, -0.05) is 63.9 Å². The van der Waals surface area contributed by atoms with E-state index in [2.05, 4.69) is 89.2 Å². The van der Waals surface area contributed by atoms with Gasteiger partial charge in [0.2, 0.25) is 11.8 Å². The van der Waals surface area contributed by atoms with Crippen LogP contribution in [-0.2, 0) is 52.8 Å². The minimum Gasteiger partial charge on any atom is -0.464 e. The Morgan fingerprint density at radius 1 is 1.00 bits per heavy atom. The number of ether oxygens (including phenoxy) is 2. The van der Waals surface area contributed by atoms with E-state index in [4.69, 9.17) is 14.5 Å². The lowest BCUT2D eigenvalue weighted by Gasteiger charge is -2.49. The zero-order valence-corrected chi connectivity index (χ0v) is 44.7. The molecule has 2 aromatic heterocycles. The number of carbonyl (C=O) groups is 5. The van der Waals surface area contributed by atoms with Crippen LogP contribution in [0.5, 0.6) is 0 Å². The summed E-state index contributed by atoms with van der Waals surface area (Å²) in [7, 11) is 9.26. The van der Waals surface area contributed by atoms with Crippen molar-refractivity contribution in [2.24, 2.45) is 17.3 Å². The molecule has 4 aliphatic heterocycles. The Balaban J connectivity index is 1.10. The summed E-state index contributed by atoms with van der Waals surface area (Å²) in [4.78, 5) is 83.3. The zero-order chi connectivity index (χ0) is 52.5. The van der Waals surface area contributed by atoms with Crippen LogP contribution in [0.25, 0.3) is 33.3 Å². The lowest BCUT2D eigenvalue weighted by atomic mass is 9.84. The average Bonchev–Trinajstić information content (AvgIpc) is 3.98. The van der Waals surface area contributed by atoms with E-state index < -0.39 is 47.2 Å². The molecule has 73 heavy (non-hydrogen) atoms. The second kappa shape index (κ2) is 21.8. The number of nitrogens with one attached hydrogen (secondary N) is 2. The van der Waals surface area contributed by atoms with E-state index in [0.29, 0.717) is 45.3 Å². The highest BCUT2D eigenvalue weighted by Crippen LogP contribution is 2.42. The Morgan fingerprint density at radius 3 is 2.45 bits per heavy atom. The molecule has 8 rings (SSSR count). The number of amides is 4. The van der Waals surface area contributed by atoms with Crippen molar-refractivity contribution >= 4 is 40.5 Å². The first kappa shape index (κ1) is 53.2. The summed E-state index contributed by atoms with van der Waals surface area (Å²) in [5.41, 5.74) is 10.1. The van der Waals surface area contributed by atoms with Crippen molar-refractivity contribution in [2.75, 3.05) is 74.6 Å². The minimum absolute atomic E-state index is 0.131. The van der Waals surface area contributed by atoms with Crippen LogP contribution >= 0.6 is 0 Å². The third-order valence-electron chi connectivity index (χ3n) is 15.4. The van der Waals surface area contributed by atoms with Crippen molar-refractivity contribution in [3.63, 3.8) is 0 Å². The van der Waals surface area contributed by atoms with Crippen molar-refractivity contribution < 1.29 is 33.4 Å². The normalized spacial score (nSPS) is 22.0. The third-order valence-corrected chi connectivity index (χ3v) is 15.4. The van der Waals surface area contributed by atoms with Gasteiger partial charge in [0.15, 0.2) is 0 Å². The van der Waals surface area contributed by atoms with E-state index in [1.54, 1.807) is 25.3 Å². The summed E-state index contributed by atoms with van der Waals surface area (Å²) < 4.78 is 14.3. The number of hydrogen-bond donors (Lipinski definition) is 2. The number of esters is 1. The molecule has 5 atom stereocenters. The third kappa shape index (κ3) is 11.1. The molecule has 6 bridgehead atoms. The summed E-state index contributed by atoms with van der Waals surface area (Å²) >= 11 is 0. The number of rotatable bonds is 10. The molecular formula is C57H75N9O7. The molecule has 16 nitrogen and oxygen atoms in total. The molecule has 390 valence electrons. The van der Waals surface area contributed by atoms with Gasteiger partial charge in [-0.25, -0.2) is 5.43 Å². The van der Waals surface area contributed by atoms with E-state index in [1.807, 2.05) is 65.0 Å². The molecule has 0 radical (unpaired) electrons. The van der Waals surface area contributed by atoms with Crippen molar-refractivity contribution in [1.82, 2.24) is 44.9 Å². The van der Waals surface area contributed by atoms with E-state index in [9.17, 15) is 24.0 Å². The molecule has 4 aliphatic rings. The molecular weight excluding hydrogens is 923 g/mol. The highest BCUT2D eigenvalue weighted by molar-refractivity contribution is 5.97. The topological polar surface area (TPSA) is 162 Å². The maximum absolute atomic E-state index is 14.8. The number of methoxy groups -OCH3 is 1. The Hall–Kier alpha value is -6.12. The Labute approximate surface area is 431 Å². The lowest BCUT2D eigenvalue weighted by molar-refractivity contribution is -0.155. The van der Waals surface area contributed by atoms with Crippen molar-refractivity contribution in [1.29, 1.82) is 0 Å².